The summed E-state index contributed by atoms with van der Waals surface area (Å²) in [5.41, 5.74) is 7.43. The molecule has 0 spiro atoms. The smallest absolute Gasteiger partial charge is 0.282 e. The molecule has 0 aromatic carbocycles. The number of anilines is 1. The van der Waals surface area contributed by atoms with Gasteiger partial charge in [0.25, 0.3) is 6.43 Å². The molecule has 5 nitrogen and oxygen atoms in total. The highest BCUT2D eigenvalue weighted by atomic mass is 19.3. The molecule has 3 aromatic heterocycles. The Morgan fingerprint density at radius 2 is 2.08 bits per heavy atom. The van der Waals surface area contributed by atoms with Crippen molar-refractivity contribution in [3.05, 3.63) is 48.4 Å². The van der Waals surface area contributed by atoms with Gasteiger partial charge in [-0.2, -0.15) is 0 Å². The number of fused-ring (bicyclic) bond motifs is 1. The molecule has 1 saturated carbocycles. The summed E-state index contributed by atoms with van der Waals surface area (Å²) in [6.07, 6.45) is 2.63. The Morgan fingerprint density at radius 3 is 2.83 bits per heavy atom. The molecule has 0 radical (unpaired) electrons. The van der Waals surface area contributed by atoms with Crippen LogP contribution in [0, 0.1) is 0 Å². The first-order chi connectivity index (χ1) is 11.6. The van der Waals surface area contributed by atoms with Crippen LogP contribution in [-0.2, 0) is 0 Å². The van der Waals surface area contributed by atoms with E-state index in [1.165, 1.54) is 0 Å². The fourth-order valence-corrected chi connectivity index (χ4v) is 2.69. The molecular formula is C17H17F2N5. The van der Waals surface area contributed by atoms with Gasteiger partial charge in [-0.15, -0.1) is 0 Å². The van der Waals surface area contributed by atoms with E-state index in [1.54, 1.807) is 35.2 Å². The largest absolute Gasteiger partial charge is 0.382 e. The molecule has 1 aliphatic rings. The molecular weight excluding hydrogens is 312 g/mol. The second-order valence-corrected chi connectivity index (χ2v) is 6.21. The Labute approximate surface area is 137 Å². The van der Waals surface area contributed by atoms with Crippen LogP contribution in [-0.4, -0.2) is 26.6 Å². The van der Waals surface area contributed by atoms with Crippen molar-refractivity contribution in [1.29, 1.82) is 0 Å². The molecule has 124 valence electrons. The number of nitrogens with two attached hydrogens (primary N) is 1. The average Bonchev–Trinajstić information content (AvgIpc) is 3.17. The van der Waals surface area contributed by atoms with E-state index in [0.29, 0.717) is 18.1 Å². The zero-order valence-corrected chi connectivity index (χ0v) is 12.9. The zero-order valence-electron chi connectivity index (χ0n) is 12.9. The van der Waals surface area contributed by atoms with Crippen molar-refractivity contribution in [2.24, 2.45) is 5.73 Å². The molecule has 4 rings (SSSR count). The van der Waals surface area contributed by atoms with Crippen molar-refractivity contribution in [1.82, 2.24) is 14.5 Å². The molecule has 0 unspecified atom stereocenters. The standard InChI is InChI=1S/C17H17F2N5/c18-16(19)15-12(22-10-17(20)6-7-17)3-4-14(23-15)24-9-5-11-13(24)2-1-8-21-11/h1-5,8-9,16,22H,6-7,10,20H2. The third-order valence-corrected chi connectivity index (χ3v) is 4.34. The lowest BCUT2D eigenvalue weighted by molar-refractivity contribution is 0.147. The van der Waals surface area contributed by atoms with Gasteiger partial charge in [-0.05, 0) is 43.2 Å². The molecule has 3 heterocycles. The zero-order chi connectivity index (χ0) is 16.7. The van der Waals surface area contributed by atoms with Gasteiger partial charge in [0.15, 0.2) is 0 Å². The van der Waals surface area contributed by atoms with E-state index in [4.69, 9.17) is 5.73 Å². The minimum absolute atomic E-state index is 0.262. The number of halogens is 2. The molecule has 0 saturated heterocycles. The monoisotopic (exact) mass is 329 g/mol. The summed E-state index contributed by atoms with van der Waals surface area (Å²) in [5.74, 6) is 0.438. The highest BCUT2D eigenvalue weighted by Crippen LogP contribution is 2.34. The van der Waals surface area contributed by atoms with Crippen molar-refractivity contribution in [3.8, 4) is 5.82 Å². The van der Waals surface area contributed by atoms with Gasteiger partial charge in [-0.3, -0.25) is 9.55 Å². The van der Waals surface area contributed by atoms with Crippen LogP contribution in [0.4, 0.5) is 14.5 Å². The minimum Gasteiger partial charge on any atom is -0.382 e. The van der Waals surface area contributed by atoms with Crippen LogP contribution in [0.5, 0.6) is 0 Å². The van der Waals surface area contributed by atoms with Gasteiger partial charge in [0, 0.05) is 24.5 Å². The van der Waals surface area contributed by atoms with Crippen molar-refractivity contribution in [3.63, 3.8) is 0 Å². The highest BCUT2D eigenvalue weighted by Gasteiger charge is 2.38. The quantitative estimate of drug-likeness (QED) is 0.754. The molecule has 24 heavy (non-hydrogen) atoms. The van der Waals surface area contributed by atoms with E-state index in [-0.39, 0.29) is 11.2 Å². The summed E-state index contributed by atoms with van der Waals surface area (Å²) in [5, 5.41) is 3.02. The molecule has 1 aliphatic carbocycles. The highest BCUT2D eigenvalue weighted by molar-refractivity contribution is 5.77. The summed E-state index contributed by atoms with van der Waals surface area (Å²) in [6.45, 7) is 0.476. The Balaban J connectivity index is 1.70. The third kappa shape index (κ3) is 2.71. The summed E-state index contributed by atoms with van der Waals surface area (Å²) < 4.78 is 28.6. The summed E-state index contributed by atoms with van der Waals surface area (Å²) in [4.78, 5) is 8.41. The lowest BCUT2D eigenvalue weighted by Gasteiger charge is -2.15. The number of pyridine rings is 2. The predicted molar refractivity (Wildman–Crippen MR) is 88.5 cm³/mol. The molecule has 3 N–H and O–H groups in total. The first kappa shape index (κ1) is 15.0. The predicted octanol–water partition coefficient (Wildman–Crippen LogP) is 3.26. The molecule has 0 amide bonds. The van der Waals surface area contributed by atoms with Gasteiger partial charge < -0.3 is 11.1 Å². The molecule has 0 atom stereocenters. The normalized spacial score (nSPS) is 15.8. The summed E-state index contributed by atoms with van der Waals surface area (Å²) >= 11 is 0. The van der Waals surface area contributed by atoms with E-state index in [1.807, 2.05) is 12.1 Å². The van der Waals surface area contributed by atoms with Crippen LogP contribution in [0.25, 0.3) is 16.9 Å². The molecule has 0 aliphatic heterocycles. The van der Waals surface area contributed by atoms with Crippen LogP contribution in [0.3, 0.4) is 0 Å². The second-order valence-electron chi connectivity index (χ2n) is 6.21. The number of nitrogens with zero attached hydrogens (tertiary/aromatic N) is 3. The molecule has 0 bridgehead atoms. The number of nitrogens with one attached hydrogen (secondary N) is 1. The number of alkyl halides is 2. The van der Waals surface area contributed by atoms with Gasteiger partial charge in [0.2, 0.25) is 0 Å². The summed E-state index contributed by atoms with van der Waals surface area (Å²) in [6, 6.07) is 8.87. The number of rotatable bonds is 5. The summed E-state index contributed by atoms with van der Waals surface area (Å²) in [7, 11) is 0. The van der Waals surface area contributed by atoms with E-state index in [9.17, 15) is 8.78 Å². The van der Waals surface area contributed by atoms with Gasteiger partial charge in [0.1, 0.15) is 11.5 Å². The number of hydrogen-bond acceptors (Lipinski definition) is 4. The van der Waals surface area contributed by atoms with E-state index in [2.05, 4.69) is 15.3 Å². The molecule has 3 aromatic rings. The van der Waals surface area contributed by atoms with Crippen molar-refractivity contribution >= 4 is 16.7 Å². The maximum atomic E-state index is 13.4. The minimum atomic E-state index is -2.67. The van der Waals surface area contributed by atoms with Gasteiger partial charge in [-0.1, -0.05) is 0 Å². The van der Waals surface area contributed by atoms with Crippen LogP contribution in [0.2, 0.25) is 0 Å². The lowest BCUT2D eigenvalue weighted by atomic mass is 10.2. The number of hydrogen-bond donors (Lipinski definition) is 2. The van der Waals surface area contributed by atoms with E-state index < -0.39 is 6.43 Å². The van der Waals surface area contributed by atoms with Crippen molar-refractivity contribution in [2.45, 2.75) is 24.8 Å². The SMILES string of the molecule is NC1(CNc2ccc(-n3ccc4ncccc43)nc2C(F)F)CC1. The lowest BCUT2D eigenvalue weighted by Crippen LogP contribution is -2.31. The van der Waals surface area contributed by atoms with E-state index in [0.717, 1.165) is 23.9 Å². The van der Waals surface area contributed by atoms with Crippen LogP contribution in [0.15, 0.2) is 42.7 Å². The van der Waals surface area contributed by atoms with Gasteiger partial charge >= 0.3 is 0 Å². The van der Waals surface area contributed by atoms with Crippen LogP contribution in [0.1, 0.15) is 25.0 Å². The maximum absolute atomic E-state index is 13.4. The van der Waals surface area contributed by atoms with E-state index >= 15 is 0 Å². The first-order valence-electron chi connectivity index (χ1n) is 7.80. The Hall–Kier alpha value is -2.54. The van der Waals surface area contributed by atoms with Crippen molar-refractivity contribution < 1.29 is 8.78 Å². The molecule has 1 fully saturated rings. The Morgan fingerprint density at radius 1 is 1.25 bits per heavy atom. The topological polar surface area (TPSA) is 68.8 Å². The second kappa shape index (κ2) is 5.52. The molecule has 7 heteroatoms. The Kier molecular flexibility index (Phi) is 3.45. The first-order valence-corrected chi connectivity index (χ1v) is 7.80. The fraction of sp³-hybridized carbons (Fsp3) is 0.294. The van der Waals surface area contributed by atoms with Crippen LogP contribution < -0.4 is 11.1 Å². The van der Waals surface area contributed by atoms with Crippen LogP contribution >= 0.6 is 0 Å². The van der Waals surface area contributed by atoms with Gasteiger partial charge in [-0.25, -0.2) is 13.8 Å². The maximum Gasteiger partial charge on any atom is 0.282 e. The number of aromatic nitrogens is 3. The van der Waals surface area contributed by atoms with Gasteiger partial charge in [0.05, 0.1) is 16.7 Å². The fourth-order valence-electron chi connectivity index (χ4n) is 2.69. The third-order valence-electron chi connectivity index (χ3n) is 4.34. The average molecular weight is 329 g/mol. The Bertz CT molecular complexity index is 886. The van der Waals surface area contributed by atoms with Crippen molar-refractivity contribution in [2.75, 3.05) is 11.9 Å².